The van der Waals surface area contributed by atoms with E-state index in [-0.39, 0.29) is 21.7 Å². The molecule has 0 aliphatic carbocycles. The van der Waals surface area contributed by atoms with Crippen LogP contribution in [0.3, 0.4) is 0 Å². The van der Waals surface area contributed by atoms with Crippen molar-refractivity contribution >= 4 is 11.9 Å². The molecule has 0 aliphatic heterocycles. The van der Waals surface area contributed by atoms with Gasteiger partial charge in [-0.25, -0.2) is 12.1 Å². The Bertz CT molecular complexity index is 306. The summed E-state index contributed by atoms with van der Waals surface area (Å²) in [5.41, 5.74) is 0. The summed E-state index contributed by atoms with van der Waals surface area (Å²) in [5, 5.41) is 15.4. The SMILES string of the molecule is O=C(O)CC(=O)O.[Ti].[c-]1[c-][c-][cH-][c-]1.c1cc[cH-]c1. The average Bonchev–Trinajstić information content (AvgIpc) is 2.96. The standard InChI is InChI=1S/C5H5.C5H.C3H4O4.Ti/c2*1-2-4-5-3-1;4-2(5)1-3(6)7;/h1-5H;1H;1H2,(H,4,5)(H,6,7);/q-1;-5;;. The van der Waals surface area contributed by atoms with Crippen LogP contribution in [0.15, 0.2) is 36.4 Å². The Balaban J connectivity index is 0. The van der Waals surface area contributed by atoms with E-state index in [0.717, 1.165) is 0 Å². The maximum absolute atomic E-state index is 9.43. The monoisotopic (exact) mass is 278 g/mol. The quantitative estimate of drug-likeness (QED) is 0.496. The molecule has 0 bridgehead atoms. The van der Waals surface area contributed by atoms with Crippen LogP contribution in [-0.4, -0.2) is 22.2 Å². The second kappa shape index (κ2) is 13.4. The number of aliphatic carboxylic acids is 2. The van der Waals surface area contributed by atoms with Gasteiger partial charge < -0.3 is 40.5 Å². The Morgan fingerprint density at radius 1 is 1.00 bits per heavy atom. The van der Waals surface area contributed by atoms with Crippen LogP contribution < -0.4 is 0 Å². The molecule has 5 heteroatoms. The summed E-state index contributed by atoms with van der Waals surface area (Å²) in [6.07, 6.45) is -0.806. The predicted octanol–water partition coefficient (Wildman–Crippen LogP) is 1.55. The van der Waals surface area contributed by atoms with Gasteiger partial charge >= 0.3 is 11.9 Å². The Labute approximate surface area is 120 Å². The van der Waals surface area contributed by atoms with Crippen LogP contribution in [0.2, 0.25) is 0 Å². The maximum Gasteiger partial charge on any atom is 0.314 e. The summed E-state index contributed by atoms with van der Waals surface area (Å²) in [6, 6.07) is 22.0. The Morgan fingerprint density at radius 2 is 1.44 bits per heavy atom. The largest absolute Gasteiger partial charge is 0.999 e. The first kappa shape index (κ1) is 18.7. The zero-order valence-electron chi connectivity index (χ0n) is 9.38. The smallest absolute Gasteiger partial charge is 0.314 e. The molecule has 2 N–H and O–H groups in total. The molecule has 0 radical (unpaired) electrons. The summed E-state index contributed by atoms with van der Waals surface area (Å²) < 4.78 is 0. The van der Waals surface area contributed by atoms with Gasteiger partial charge in [-0.15, -0.1) is 0 Å². The van der Waals surface area contributed by atoms with E-state index in [9.17, 15) is 9.59 Å². The number of carbonyl (C=O) groups is 2. The fourth-order valence-corrected chi connectivity index (χ4v) is 0.631. The number of carboxylic acid groups (broad SMARTS) is 2. The van der Waals surface area contributed by atoms with Gasteiger partial charge in [-0.2, -0.15) is 18.2 Å². The van der Waals surface area contributed by atoms with Crippen LogP contribution in [0, 0.1) is 24.3 Å². The van der Waals surface area contributed by atoms with E-state index in [4.69, 9.17) is 10.2 Å². The van der Waals surface area contributed by atoms with Crippen molar-refractivity contribution in [2.45, 2.75) is 6.42 Å². The van der Waals surface area contributed by atoms with Gasteiger partial charge in [0.05, 0.1) is 0 Å². The van der Waals surface area contributed by atoms with Gasteiger partial charge in [-0.05, 0) is 0 Å². The van der Waals surface area contributed by atoms with Crippen molar-refractivity contribution in [2.75, 3.05) is 0 Å². The van der Waals surface area contributed by atoms with Crippen molar-refractivity contribution in [2.24, 2.45) is 0 Å². The molecule has 0 saturated carbocycles. The van der Waals surface area contributed by atoms with Crippen LogP contribution in [0.25, 0.3) is 0 Å². The fraction of sp³-hybridized carbons (Fsp3) is 0.0769. The van der Waals surface area contributed by atoms with Crippen molar-refractivity contribution in [1.82, 2.24) is 0 Å². The zero-order chi connectivity index (χ0) is 12.9. The van der Waals surface area contributed by atoms with Gasteiger partial charge in [0, 0.05) is 21.7 Å². The van der Waals surface area contributed by atoms with Crippen LogP contribution in [0.4, 0.5) is 0 Å². The van der Waals surface area contributed by atoms with Crippen LogP contribution in [-0.2, 0) is 31.3 Å². The summed E-state index contributed by atoms with van der Waals surface area (Å²) in [4.78, 5) is 18.9. The van der Waals surface area contributed by atoms with E-state index in [1.54, 1.807) is 6.07 Å². The van der Waals surface area contributed by atoms with Gasteiger partial charge in [0.1, 0.15) is 6.42 Å². The Morgan fingerprint density at radius 3 is 1.56 bits per heavy atom. The molecule has 0 aromatic heterocycles. The normalized spacial score (nSPS) is 7.56. The Hall–Kier alpha value is -1.65. The molecule has 0 fully saturated rings. The molecule has 0 aliphatic rings. The first-order chi connectivity index (χ1) is 8.13. The number of hydrogen-bond donors (Lipinski definition) is 2. The van der Waals surface area contributed by atoms with Crippen LogP contribution >= 0.6 is 0 Å². The fourth-order valence-electron chi connectivity index (χ4n) is 0.631. The number of hydrogen-bond acceptors (Lipinski definition) is 2. The minimum atomic E-state index is -1.31. The second-order valence-corrected chi connectivity index (χ2v) is 2.61. The van der Waals surface area contributed by atoms with E-state index >= 15 is 0 Å². The van der Waals surface area contributed by atoms with Crippen LogP contribution in [0.5, 0.6) is 0 Å². The second-order valence-electron chi connectivity index (χ2n) is 2.61. The maximum atomic E-state index is 9.43. The van der Waals surface area contributed by atoms with E-state index in [1.807, 2.05) is 30.3 Å². The minimum Gasteiger partial charge on any atom is -0.999 e. The van der Waals surface area contributed by atoms with Crippen molar-refractivity contribution in [3.63, 3.8) is 0 Å². The van der Waals surface area contributed by atoms with E-state index in [0.29, 0.717) is 0 Å². The van der Waals surface area contributed by atoms with Gasteiger partial charge in [0.2, 0.25) is 0 Å². The molecule has 0 unspecified atom stereocenters. The average molecular weight is 278 g/mol. The molecule has 18 heavy (non-hydrogen) atoms. The summed E-state index contributed by atoms with van der Waals surface area (Å²) >= 11 is 0. The summed E-state index contributed by atoms with van der Waals surface area (Å²) in [7, 11) is 0. The van der Waals surface area contributed by atoms with Crippen molar-refractivity contribution in [3.05, 3.63) is 60.7 Å². The minimum absolute atomic E-state index is 0. The molecule has 2 rings (SSSR count). The van der Waals surface area contributed by atoms with Crippen molar-refractivity contribution in [3.8, 4) is 0 Å². The molecule has 96 valence electrons. The molecular formula is C13H10O4Ti-6. The molecule has 2 aromatic rings. The third-order valence-corrected chi connectivity index (χ3v) is 1.21. The van der Waals surface area contributed by atoms with Gasteiger partial charge in [-0.1, -0.05) is 0 Å². The summed E-state index contributed by atoms with van der Waals surface area (Å²) in [5.74, 6) is -2.62. The topological polar surface area (TPSA) is 74.6 Å². The van der Waals surface area contributed by atoms with E-state index in [2.05, 4.69) is 24.3 Å². The number of rotatable bonds is 2. The van der Waals surface area contributed by atoms with Gasteiger partial charge in [0.25, 0.3) is 0 Å². The van der Waals surface area contributed by atoms with Crippen LogP contribution in [0.1, 0.15) is 6.42 Å². The molecule has 0 saturated heterocycles. The molecule has 2 aromatic carbocycles. The van der Waals surface area contributed by atoms with Crippen molar-refractivity contribution in [1.29, 1.82) is 0 Å². The third-order valence-electron chi connectivity index (χ3n) is 1.21. The van der Waals surface area contributed by atoms with Gasteiger partial charge in [-0.3, -0.25) is 9.59 Å². The third kappa shape index (κ3) is 16.8. The molecule has 0 atom stereocenters. The molecular weight excluding hydrogens is 268 g/mol. The van der Waals surface area contributed by atoms with E-state index < -0.39 is 18.4 Å². The molecule has 0 amide bonds. The Kier molecular flexibility index (Phi) is 14.0. The number of carboxylic acids is 2. The van der Waals surface area contributed by atoms with E-state index in [1.165, 1.54) is 0 Å². The first-order valence-electron chi connectivity index (χ1n) is 4.56. The zero-order valence-corrected chi connectivity index (χ0v) is 10.9. The van der Waals surface area contributed by atoms with Crippen molar-refractivity contribution < 1.29 is 41.5 Å². The summed E-state index contributed by atoms with van der Waals surface area (Å²) in [6.45, 7) is 0. The predicted molar refractivity (Wildman–Crippen MR) is 59.3 cm³/mol. The molecule has 0 spiro atoms. The van der Waals surface area contributed by atoms with Gasteiger partial charge in [0.15, 0.2) is 0 Å². The molecule has 4 nitrogen and oxygen atoms in total. The first-order valence-corrected chi connectivity index (χ1v) is 4.56. The molecule has 0 heterocycles.